The molecule has 0 amide bonds. The fourth-order valence-electron chi connectivity index (χ4n) is 1.40. The molecule has 0 bridgehead atoms. The van der Waals surface area contributed by atoms with Crippen LogP contribution in [0.2, 0.25) is 0 Å². The third-order valence-electron chi connectivity index (χ3n) is 2.17. The first-order valence-corrected chi connectivity index (χ1v) is 6.35. The van der Waals surface area contributed by atoms with Gasteiger partial charge in [0, 0.05) is 28.0 Å². The van der Waals surface area contributed by atoms with Crippen LogP contribution in [0.3, 0.4) is 0 Å². The normalized spacial score (nSPS) is 12.7. The summed E-state index contributed by atoms with van der Waals surface area (Å²) in [5, 5.41) is 12.5. The van der Waals surface area contributed by atoms with Gasteiger partial charge in [0.25, 0.3) is 0 Å². The summed E-state index contributed by atoms with van der Waals surface area (Å²) in [6.07, 6.45) is 1.17. The average molecular weight is 302 g/mol. The Balaban J connectivity index is 2.17. The first-order chi connectivity index (χ1) is 7.66. The van der Waals surface area contributed by atoms with E-state index >= 15 is 0 Å². The van der Waals surface area contributed by atoms with Crippen LogP contribution in [0, 0.1) is 5.82 Å². The van der Waals surface area contributed by atoms with Gasteiger partial charge in [-0.25, -0.2) is 9.37 Å². The van der Waals surface area contributed by atoms with Crippen LogP contribution < -0.4 is 0 Å². The van der Waals surface area contributed by atoms with Crippen molar-refractivity contribution in [1.29, 1.82) is 0 Å². The van der Waals surface area contributed by atoms with E-state index in [1.807, 2.05) is 5.38 Å². The second-order valence-corrected chi connectivity index (χ2v) is 5.21. The summed E-state index contributed by atoms with van der Waals surface area (Å²) in [6.45, 7) is 0. The van der Waals surface area contributed by atoms with E-state index in [1.165, 1.54) is 17.4 Å². The average Bonchev–Trinajstić information content (AvgIpc) is 2.70. The topological polar surface area (TPSA) is 33.1 Å². The third kappa shape index (κ3) is 2.66. The SMILES string of the molecule is OC(Cc1nccs1)c1ccc(Br)cc1F. The minimum absolute atomic E-state index is 0.304. The Bertz CT molecular complexity index is 475. The number of halogens is 2. The zero-order valence-corrected chi connectivity index (χ0v) is 10.6. The van der Waals surface area contributed by atoms with Crippen LogP contribution in [0.5, 0.6) is 0 Å². The molecule has 0 aliphatic carbocycles. The molecule has 84 valence electrons. The number of aliphatic hydroxyl groups excluding tert-OH is 1. The van der Waals surface area contributed by atoms with Crippen LogP contribution >= 0.6 is 27.3 Å². The van der Waals surface area contributed by atoms with Crippen molar-refractivity contribution >= 4 is 27.3 Å². The van der Waals surface area contributed by atoms with Gasteiger partial charge in [-0.05, 0) is 12.1 Å². The van der Waals surface area contributed by atoms with E-state index in [0.29, 0.717) is 16.5 Å². The highest BCUT2D eigenvalue weighted by Gasteiger charge is 2.14. The van der Waals surface area contributed by atoms with Crippen LogP contribution in [-0.4, -0.2) is 10.1 Å². The fraction of sp³-hybridized carbons (Fsp3) is 0.182. The highest BCUT2D eigenvalue weighted by molar-refractivity contribution is 9.10. The van der Waals surface area contributed by atoms with Crippen molar-refractivity contribution in [3.8, 4) is 0 Å². The van der Waals surface area contributed by atoms with Crippen LogP contribution in [0.15, 0.2) is 34.2 Å². The van der Waals surface area contributed by atoms with Gasteiger partial charge in [0.1, 0.15) is 5.82 Å². The van der Waals surface area contributed by atoms with Gasteiger partial charge in [0.2, 0.25) is 0 Å². The molecule has 0 saturated carbocycles. The quantitative estimate of drug-likeness (QED) is 0.943. The Morgan fingerprint density at radius 3 is 2.94 bits per heavy atom. The fourth-order valence-corrected chi connectivity index (χ4v) is 2.39. The molecule has 0 spiro atoms. The molecule has 0 radical (unpaired) electrons. The molecule has 1 heterocycles. The zero-order chi connectivity index (χ0) is 11.5. The Kier molecular flexibility index (Phi) is 3.68. The van der Waals surface area contributed by atoms with Gasteiger partial charge in [-0.2, -0.15) is 0 Å². The van der Waals surface area contributed by atoms with Crippen LogP contribution in [0.4, 0.5) is 4.39 Å². The molecule has 0 fully saturated rings. The lowest BCUT2D eigenvalue weighted by atomic mass is 10.1. The third-order valence-corrected chi connectivity index (χ3v) is 3.47. The zero-order valence-electron chi connectivity index (χ0n) is 8.23. The number of aliphatic hydroxyl groups is 1. The summed E-state index contributed by atoms with van der Waals surface area (Å²) in [4.78, 5) is 4.06. The number of hydrogen-bond acceptors (Lipinski definition) is 3. The molecule has 0 aliphatic heterocycles. The molecule has 0 saturated heterocycles. The molecular weight excluding hydrogens is 293 g/mol. The molecule has 1 aromatic carbocycles. The number of nitrogens with zero attached hydrogens (tertiary/aromatic N) is 1. The summed E-state index contributed by atoms with van der Waals surface area (Å²) in [7, 11) is 0. The number of thiazole rings is 1. The Morgan fingerprint density at radius 1 is 1.50 bits per heavy atom. The van der Waals surface area contributed by atoms with E-state index < -0.39 is 11.9 Å². The highest BCUT2D eigenvalue weighted by Crippen LogP contribution is 2.24. The van der Waals surface area contributed by atoms with Crippen LogP contribution in [0.25, 0.3) is 0 Å². The van der Waals surface area contributed by atoms with Gasteiger partial charge in [0.15, 0.2) is 0 Å². The lowest BCUT2D eigenvalue weighted by Crippen LogP contribution is -2.04. The molecule has 1 aromatic heterocycles. The maximum absolute atomic E-state index is 13.5. The summed E-state index contributed by atoms with van der Waals surface area (Å²) in [5.41, 5.74) is 0.304. The van der Waals surface area contributed by atoms with E-state index in [1.54, 1.807) is 18.3 Å². The summed E-state index contributed by atoms with van der Waals surface area (Å²) < 4.78 is 14.2. The van der Waals surface area contributed by atoms with Crippen LogP contribution in [0.1, 0.15) is 16.7 Å². The number of rotatable bonds is 3. The van der Waals surface area contributed by atoms with Gasteiger partial charge in [0.05, 0.1) is 11.1 Å². The van der Waals surface area contributed by atoms with Crippen molar-refractivity contribution in [2.45, 2.75) is 12.5 Å². The molecule has 16 heavy (non-hydrogen) atoms. The highest BCUT2D eigenvalue weighted by atomic mass is 79.9. The Morgan fingerprint density at radius 2 is 2.31 bits per heavy atom. The van der Waals surface area contributed by atoms with Gasteiger partial charge >= 0.3 is 0 Å². The summed E-state index contributed by atoms with van der Waals surface area (Å²) in [6, 6.07) is 4.64. The largest absolute Gasteiger partial charge is 0.388 e. The van der Waals surface area contributed by atoms with E-state index in [-0.39, 0.29) is 0 Å². The number of benzene rings is 1. The Hall–Kier alpha value is -0.780. The van der Waals surface area contributed by atoms with E-state index in [4.69, 9.17) is 0 Å². The predicted molar refractivity (Wildman–Crippen MR) is 64.9 cm³/mol. The second kappa shape index (κ2) is 5.03. The molecule has 2 rings (SSSR count). The Labute approximate surface area is 105 Å². The number of aromatic nitrogens is 1. The predicted octanol–water partition coefficient (Wildman–Crippen LogP) is 3.32. The second-order valence-electron chi connectivity index (χ2n) is 3.31. The lowest BCUT2D eigenvalue weighted by Gasteiger charge is -2.10. The molecule has 1 unspecified atom stereocenters. The van der Waals surface area contributed by atoms with E-state index in [2.05, 4.69) is 20.9 Å². The van der Waals surface area contributed by atoms with Crippen molar-refractivity contribution in [1.82, 2.24) is 4.98 Å². The van der Waals surface area contributed by atoms with E-state index in [9.17, 15) is 9.50 Å². The maximum atomic E-state index is 13.5. The van der Waals surface area contributed by atoms with Crippen molar-refractivity contribution in [3.63, 3.8) is 0 Å². The van der Waals surface area contributed by atoms with Gasteiger partial charge in [-0.3, -0.25) is 0 Å². The van der Waals surface area contributed by atoms with Gasteiger partial charge < -0.3 is 5.11 Å². The molecule has 2 nitrogen and oxygen atoms in total. The minimum Gasteiger partial charge on any atom is -0.388 e. The number of hydrogen-bond donors (Lipinski definition) is 1. The minimum atomic E-state index is -0.848. The first kappa shape index (κ1) is 11.7. The van der Waals surface area contributed by atoms with Crippen molar-refractivity contribution < 1.29 is 9.50 Å². The maximum Gasteiger partial charge on any atom is 0.130 e. The smallest absolute Gasteiger partial charge is 0.130 e. The molecule has 0 aliphatic rings. The van der Waals surface area contributed by atoms with Gasteiger partial charge in [-0.1, -0.05) is 22.0 Å². The monoisotopic (exact) mass is 301 g/mol. The van der Waals surface area contributed by atoms with Crippen molar-refractivity contribution in [3.05, 3.63) is 50.6 Å². The molecule has 1 N–H and O–H groups in total. The summed E-state index contributed by atoms with van der Waals surface area (Å²) in [5.74, 6) is -0.404. The molecule has 2 aromatic rings. The molecular formula is C11H9BrFNOS. The van der Waals surface area contributed by atoms with Gasteiger partial charge in [-0.15, -0.1) is 11.3 Å². The summed E-state index contributed by atoms with van der Waals surface area (Å²) >= 11 is 4.63. The van der Waals surface area contributed by atoms with Crippen LogP contribution in [-0.2, 0) is 6.42 Å². The molecule has 5 heteroatoms. The lowest BCUT2D eigenvalue weighted by molar-refractivity contribution is 0.173. The molecule has 1 atom stereocenters. The standard InChI is InChI=1S/C11H9BrFNOS/c12-7-1-2-8(9(13)5-7)10(15)6-11-14-3-4-16-11/h1-5,10,15H,6H2. The van der Waals surface area contributed by atoms with E-state index in [0.717, 1.165) is 5.01 Å². The van der Waals surface area contributed by atoms with Crippen molar-refractivity contribution in [2.24, 2.45) is 0 Å². The van der Waals surface area contributed by atoms with Crippen molar-refractivity contribution in [2.75, 3.05) is 0 Å². The first-order valence-electron chi connectivity index (χ1n) is 4.68.